The Morgan fingerprint density at radius 1 is 0.848 bits per heavy atom. The van der Waals surface area contributed by atoms with Crippen LogP contribution in [0.25, 0.3) is 0 Å². The van der Waals surface area contributed by atoms with Gasteiger partial charge in [0.05, 0.1) is 7.11 Å². The molecular weight excluding hydrogens is 432 g/mol. The molecule has 1 aliphatic heterocycles. The number of hydrogen-bond acceptors (Lipinski definition) is 6. The highest BCUT2D eigenvalue weighted by Gasteiger charge is 2.25. The summed E-state index contributed by atoms with van der Waals surface area (Å²) >= 11 is 0. The number of methoxy groups -OCH3 is 1. The third-order valence-electron chi connectivity index (χ3n) is 4.79. The van der Waals surface area contributed by atoms with Gasteiger partial charge in [0.1, 0.15) is 11.5 Å². The number of hydrogen-bond donors (Lipinski definition) is 2. The first-order valence-electron chi connectivity index (χ1n) is 10.1. The van der Waals surface area contributed by atoms with E-state index >= 15 is 0 Å². The zero-order chi connectivity index (χ0) is 24.4. The van der Waals surface area contributed by atoms with E-state index in [2.05, 4.69) is 0 Å². The summed E-state index contributed by atoms with van der Waals surface area (Å²) in [7, 11) is 1.59. The second-order valence-electron chi connectivity index (χ2n) is 7.12. The van der Waals surface area contributed by atoms with Crippen molar-refractivity contribution in [3.8, 4) is 11.5 Å². The smallest absolute Gasteiger partial charge is 0.414 e. The summed E-state index contributed by atoms with van der Waals surface area (Å²) in [5.74, 6) is -2.33. The number of aryl methyl sites for hydroxylation is 1. The molecule has 10 nitrogen and oxygen atoms in total. The maximum absolute atomic E-state index is 12.6. The zero-order valence-electron chi connectivity index (χ0n) is 18.4. The maximum Gasteiger partial charge on any atom is 0.414 e. The molecule has 0 aromatic heterocycles. The Hall–Kier alpha value is -4.08. The van der Waals surface area contributed by atoms with E-state index in [4.69, 9.17) is 29.3 Å². The highest BCUT2D eigenvalue weighted by molar-refractivity contribution is 6.27. The molecule has 176 valence electrons. The molecule has 3 rings (SSSR count). The van der Waals surface area contributed by atoms with Crippen LogP contribution >= 0.6 is 0 Å². The number of carbonyl (C=O) groups excluding carboxylic acids is 2. The molecular formula is C23H26N2O8. The molecule has 2 N–H and O–H groups in total. The largest absolute Gasteiger partial charge is 0.497 e. The Kier molecular flexibility index (Phi) is 9.22. The van der Waals surface area contributed by atoms with E-state index in [0.717, 1.165) is 11.3 Å². The van der Waals surface area contributed by atoms with Crippen LogP contribution in [0.5, 0.6) is 11.5 Å². The van der Waals surface area contributed by atoms with E-state index in [1.54, 1.807) is 41.2 Å². The van der Waals surface area contributed by atoms with E-state index in [-0.39, 0.29) is 18.4 Å². The Morgan fingerprint density at radius 3 is 1.94 bits per heavy atom. The van der Waals surface area contributed by atoms with E-state index in [1.165, 1.54) is 0 Å². The van der Waals surface area contributed by atoms with Crippen LogP contribution in [0, 0.1) is 6.92 Å². The van der Waals surface area contributed by atoms with Crippen LogP contribution in [0.4, 0.5) is 0 Å². The predicted molar refractivity (Wildman–Crippen MR) is 117 cm³/mol. The van der Waals surface area contributed by atoms with Crippen LogP contribution in [0.3, 0.4) is 0 Å². The van der Waals surface area contributed by atoms with Crippen molar-refractivity contribution in [1.82, 2.24) is 9.80 Å². The lowest BCUT2D eigenvalue weighted by molar-refractivity contribution is -0.159. The Balaban J connectivity index is 0.000000569. The van der Waals surface area contributed by atoms with Gasteiger partial charge in [-0.2, -0.15) is 0 Å². The normalized spacial score (nSPS) is 12.8. The van der Waals surface area contributed by atoms with Gasteiger partial charge in [0.25, 0.3) is 11.8 Å². The summed E-state index contributed by atoms with van der Waals surface area (Å²) in [5, 5.41) is 14.8. The molecule has 1 aliphatic rings. The SMILES string of the molecule is COc1ccc(C(=O)N2CCN(C(=O)COc3cccc(C)c3)CC2)cc1.O=C(O)C(=O)O. The third kappa shape index (κ3) is 7.84. The molecule has 10 heteroatoms. The predicted octanol–water partition coefficient (Wildman–Crippen LogP) is 1.52. The Morgan fingerprint density at radius 2 is 1.42 bits per heavy atom. The first-order valence-corrected chi connectivity index (χ1v) is 10.1. The Labute approximate surface area is 190 Å². The lowest BCUT2D eigenvalue weighted by Gasteiger charge is -2.34. The van der Waals surface area contributed by atoms with Gasteiger partial charge in [0, 0.05) is 31.7 Å². The molecule has 0 aliphatic carbocycles. The van der Waals surface area contributed by atoms with Crippen LogP contribution in [-0.2, 0) is 14.4 Å². The molecule has 0 saturated carbocycles. The van der Waals surface area contributed by atoms with Gasteiger partial charge in [-0.15, -0.1) is 0 Å². The summed E-state index contributed by atoms with van der Waals surface area (Å²) < 4.78 is 10.7. The van der Waals surface area contributed by atoms with Crippen molar-refractivity contribution < 1.29 is 38.9 Å². The summed E-state index contributed by atoms with van der Waals surface area (Å²) in [5.41, 5.74) is 1.71. The summed E-state index contributed by atoms with van der Waals surface area (Å²) in [4.78, 5) is 46.6. The molecule has 2 aromatic carbocycles. The van der Waals surface area contributed by atoms with Crippen molar-refractivity contribution >= 4 is 23.8 Å². The lowest BCUT2D eigenvalue weighted by Crippen LogP contribution is -2.51. The molecule has 1 saturated heterocycles. The minimum absolute atomic E-state index is 0.00980. The number of amides is 2. The lowest BCUT2D eigenvalue weighted by atomic mass is 10.1. The number of carboxylic acid groups (broad SMARTS) is 2. The fourth-order valence-electron chi connectivity index (χ4n) is 3.02. The minimum atomic E-state index is -1.82. The molecule has 0 unspecified atom stereocenters. The zero-order valence-corrected chi connectivity index (χ0v) is 18.4. The number of benzene rings is 2. The van der Waals surface area contributed by atoms with Crippen molar-refractivity contribution in [2.75, 3.05) is 39.9 Å². The molecule has 1 fully saturated rings. The minimum Gasteiger partial charge on any atom is -0.497 e. The fourth-order valence-corrected chi connectivity index (χ4v) is 3.02. The van der Waals surface area contributed by atoms with Crippen LogP contribution in [0.2, 0.25) is 0 Å². The van der Waals surface area contributed by atoms with Crippen molar-refractivity contribution in [2.24, 2.45) is 0 Å². The van der Waals surface area contributed by atoms with Gasteiger partial charge in [-0.05, 0) is 48.9 Å². The van der Waals surface area contributed by atoms with Gasteiger partial charge in [-0.25, -0.2) is 9.59 Å². The Bertz CT molecular complexity index is 970. The first-order chi connectivity index (χ1) is 15.7. The molecule has 2 aromatic rings. The second kappa shape index (κ2) is 12.1. The summed E-state index contributed by atoms with van der Waals surface area (Å²) in [6.45, 7) is 4.04. The van der Waals surface area contributed by atoms with Gasteiger partial charge in [0.15, 0.2) is 6.61 Å². The molecule has 0 atom stereocenters. The van der Waals surface area contributed by atoms with Gasteiger partial charge in [0.2, 0.25) is 0 Å². The van der Waals surface area contributed by atoms with E-state index in [1.807, 2.05) is 31.2 Å². The number of carboxylic acids is 2. The quantitative estimate of drug-likeness (QED) is 0.645. The second-order valence-corrected chi connectivity index (χ2v) is 7.12. The van der Waals surface area contributed by atoms with E-state index in [0.29, 0.717) is 37.5 Å². The van der Waals surface area contributed by atoms with Gasteiger partial charge < -0.3 is 29.5 Å². The van der Waals surface area contributed by atoms with Crippen LogP contribution in [0.1, 0.15) is 15.9 Å². The number of piperazine rings is 1. The average Bonchev–Trinajstić information content (AvgIpc) is 2.82. The van der Waals surface area contributed by atoms with E-state index < -0.39 is 11.9 Å². The van der Waals surface area contributed by atoms with Gasteiger partial charge >= 0.3 is 11.9 Å². The molecule has 0 radical (unpaired) electrons. The number of nitrogens with zero attached hydrogens (tertiary/aromatic N) is 2. The van der Waals surface area contributed by atoms with Crippen LogP contribution in [-0.4, -0.2) is 83.7 Å². The van der Waals surface area contributed by atoms with Crippen LogP contribution < -0.4 is 9.47 Å². The highest BCUT2D eigenvalue weighted by Crippen LogP contribution is 2.15. The number of ether oxygens (including phenoxy) is 2. The fraction of sp³-hybridized carbons (Fsp3) is 0.304. The van der Waals surface area contributed by atoms with E-state index in [9.17, 15) is 9.59 Å². The van der Waals surface area contributed by atoms with Crippen molar-refractivity contribution in [1.29, 1.82) is 0 Å². The first kappa shape index (κ1) is 25.2. The van der Waals surface area contributed by atoms with Gasteiger partial charge in [-0.1, -0.05) is 12.1 Å². The molecule has 0 spiro atoms. The summed E-state index contributed by atoms with van der Waals surface area (Å²) in [6.07, 6.45) is 0. The maximum atomic E-state index is 12.6. The van der Waals surface area contributed by atoms with Crippen molar-refractivity contribution in [2.45, 2.75) is 6.92 Å². The third-order valence-corrected chi connectivity index (χ3v) is 4.79. The topological polar surface area (TPSA) is 134 Å². The van der Waals surface area contributed by atoms with Crippen molar-refractivity contribution in [3.63, 3.8) is 0 Å². The monoisotopic (exact) mass is 458 g/mol. The molecule has 33 heavy (non-hydrogen) atoms. The van der Waals surface area contributed by atoms with Gasteiger partial charge in [-0.3, -0.25) is 9.59 Å². The summed E-state index contributed by atoms with van der Waals surface area (Å²) in [6, 6.07) is 14.7. The number of rotatable bonds is 5. The highest BCUT2D eigenvalue weighted by atomic mass is 16.5. The standard InChI is InChI=1S/C21H24N2O4.C2H2O4/c1-16-4-3-5-19(14-16)27-15-20(24)22-10-12-23(13-11-22)21(25)17-6-8-18(26-2)9-7-17;3-1(4)2(5)6/h3-9,14H,10-13,15H2,1-2H3;(H,3,4)(H,5,6). The molecule has 0 bridgehead atoms. The van der Waals surface area contributed by atoms with Crippen molar-refractivity contribution in [3.05, 3.63) is 59.7 Å². The number of carbonyl (C=O) groups is 4. The average molecular weight is 458 g/mol. The molecule has 2 amide bonds. The molecule has 1 heterocycles. The van der Waals surface area contributed by atoms with Crippen LogP contribution in [0.15, 0.2) is 48.5 Å². The number of aliphatic carboxylic acids is 2.